The molecule has 0 saturated heterocycles. The summed E-state index contributed by atoms with van der Waals surface area (Å²) < 4.78 is 5.15. The molecule has 33 heavy (non-hydrogen) atoms. The number of carbonyl (C=O) groups is 2. The molecule has 0 atom stereocenters. The summed E-state index contributed by atoms with van der Waals surface area (Å²) in [6.07, 6.45) is 5.67. The van der Waals surface area contributed by atoms with Crippen LogP contribution >= 0.6 is 23.1 Å². The van der Waals surface area contributed by atoms with E-state index in [2.05, 4.69) is 10.3 Å². The van der Waals surface area contributed by atoms with Crippen LogP contribution in [0.4, 0.5) is 5.13 Å². The third-order valence-corrected chi connectivity index (χ3v) is 6.93. The number of benzene rings is 2. The highest BCUT2D eigenvalue weighted by Gasteiger charge is 2.08. The van der Waals surface area contributed by atoms with Gasteiger partial charge in [-0.15, -0.1) is 11.3 Å². The van der Waals surface area contributed by atoms with Gasteiger partial charge in [0.2, 0.25) is 5.91 Å². The van der Waals surface area contributed by atoms with Gasteiger partial charge in [0.1, 0.15) is 5.75 Å². The summed E-state index contributed by atoms with van der Waals surface area (Å²) in [5.41, 5.74) is 3.08. The van der Waals surface area contributed by atoms with Crippen LogP contribution in [-0.2, 0) is 16.0 Å². The topological polar surface area (TPSA) is 68.3 Å². The highest BCUT2D eigenvalue weighted by atomic mass is 32.2. The molecule has 0 bridgehead atoms. The average Bonchev–Trinajstić information content (AvgIpc) is 3.31. The largest absolute Gasteiger partial charge is 0.497 e. The van der Waals surface area contributed by atoms with E-state index in [0.717, 1.165) is 60.4 Å². The summed E-state index contributed by atoms with van der Waals surface area (Å²) in [6, 6.07) is 17.8. The van der Waals surface area contributed by atoms with Gasteiger partial charge in [-0.1, -0.05) is 67.1 Å². The number of hydrogen-bond donors (Lipinski definition) is 1. The Morgan fingerprint density at radius 2 is 1.73 bits per heavy atom. The van der Waals surface area contributed by atoms with Crippen LogP contribution in [0.2, 0.25) is 0 Å². The Morgan fingerprint density at radius 1 is 0.970 bits per heavy atom. The molecular formula is C26H30N2O3S2. The van der Waals surface area contributed by atoms with Crippen LogP contribution in [0.15, 0.2) is 60.0 Å². The molecule has 0 unspecified atom stereocenters. The van der Waals surface area contributed by atoms with Crippen molar-refractivity contribution in [3.63, 3.8) is 0 Å². The van der Waals surface area contributed by atoms with Crippen molar-refractivity contribution in [2.45, 2.75) is 44.9 Å². The highest BCUT2D eigenvalue weighted by Crippen LogP contribution is 2.24. The molecule has 0 aliphatic carbocycles. The predicted molar refractivity (Wildman–Crippen MR) is 138 cm³/mol. The lowest BCUT2D eigenvalue weighted by atomic mass is 10.1. The smallest absolute Gasteiger partial charge is 0.226 e. The van der Waals surface area contributed by atoms with Crippen LogP contribution in [0, 0.1) is 0 Å². The second-order valence-corrected chi connectivity index (χ2v) is 9.70. The third-order valence-electron chi connectivity index (χ3n) is 5.16. The van der Waals surface area contributed by atoms with Crippen LogP contribution in [-0.4, -0.2) is 28.9 Å². The molecule has 0 radical (unpaired) electrons. The fourth-order valence-electron chi connectivity index (χ4n) is 3.29. The zero-order valence-corrected chi connectivity index (χ0v) is 20.6. The maximum Gasteiger partial charge on any atom is 0.226 e. The molecular weight excluding hydrogens is 452 g/mol. The second kappa shape index (κ2) is 13.8. The van der Waals surface area contributed by atoms with Crippen molar-refractivity contribution in [2.24, 2.45) is 0 Å². The van der Waals surface area contributed by atoms with Gasteiger partial charge in [0, 0.05) is 29.5 Å². The Kier molecular flexibility index (Phi) is 10.5. The fraction of sp³-hybridized carbons (Fsp3) is 0.346. The minimum Gasteiger partial charge on any atom is -0.497 e. The van der Waals surface area contributed by atoms with E-state index in [-0.39, 0.29) is 11.0 Å². The quantitative estimate of drug-likeness (QED) is 0.278. The molecule has 0 aliphatic rings. The van der Waals surface area contributed by atoms with E-state index in [0.29, 0.717) is 18.0 Å². The van der Waals surface area contributed by atoms with Gasteiger partial charge in [-0.3, -0.25) is 9.59 Å². The van der Waals surface area contributed by atoms with Gasteiger partial charge in [0.25, 0.3) is 0 Å². The van der Waals surface area contributed by atoms with Crippen LogP contribution in [0.5, 0.6) is 5.75 Å². The SMILES string of the molecule is COc1ccc(CCC(=O)SCCCCCCC(=O)Nc2nc(-c3ccccc3)cs2)cc1. The maximum atomic E-state index is 12.2. The van der Waals surface area contributed by atoms with E-state index in [4.69, 9.17) is 4.74 Å². The lowest BCUT2D eigenvalue weighted by Crippen LogP contribution is -2.10. The molecule has 7 heteroatoms. The second-order valence-electron chi connectivity index (χ2n) is 7.68. The van der Waals surface area contributed by atoms with Crippen molar-refractivity contribution in [1.29, 1.82) is 0 Å². The van der Waals surface area contributed by atoms with E-state index in [1.54, 1.807) is 7.11 Å². The first-order chi connectivity index (χ1) is 16.1. The summed E-state index contributed by atoms with van der Waals surface area (Å²) in [5.74, 6) is 1.68. The molecule has 2 aromatic carbocycles. The molecule has 0 fully saturated rings. The standard InChI is InChI=1S/C26H30N2O3S2/c1-31-22-15-12-20(13-16-22)14-17-25(30)32-18-8-3-2-7-11-24(29)28-26-27-23(19-33-26)21-9-5-4-6-10-21/h4-6,9-10,12-13,15-16,19H,2-3,7-8,11,14,17-18H2,1H3,(H,27,28,29). The molecule has 3 aromatic rings. The number of ether oxygens (including phenoxy) is 1. The highest BCUT2D eigenvalue weighted by molar-refractivity contribution is 8.13. The lowest BCUT2D eigenvalue weighted by molar-refractivity contribution is -0.116. The molecule has 174 valence electrons. The molecule has 0 saturated carbocycles. The lowest BCUT2D eigenvalue weighted by Gasteiger charge is -2.04. The molecule has 0 spiro atoms. The number of rotatable bonds is 13. The molecule has 1 aromatic heterocycles. The van der Waals surface area contributed by atoms with Crippen molar-refractivity contribution in [3.05, 3.63) is 65.5 Å². The molecule has 1 N–H and O–H groups in total. The first-order valence-electron chi connectivity index (χ1n) is 11.2. The van der Waals surface area contributed by atoms with Crippen LogP contribution in [0.1, 0.15) is 44.1 Å². The van der Waals surface area contributed by atoms with Crippen molar-refractivity contribution in [3.8, 4) is 17.0 Å². The summed E-state index contributed by atoms with van der Waals surface area (Å²) >= 11 is 2.87. The molecule has 1 amide bonds. The molecule has 5 nitrogen and oxygen atoms in total. The number of hydrogen-bond acceptors (Lipinski definition) is 6. The predicted octanol–water partition coefficient (Wildman–Crippen LogP) is 6.60. The number of nitrogens with one attached hydrogen (secondary N) is 1. The Morgan fingerprint density at radius 3 is 2.48 bits per heavy atom. The zero-order valence-electron chi connectivity index (χ0n) is 18.9. The first-order valence-corrected chi connectivity index (χ1v) is 13.1. The summed E-state index contributed by atoms with van der Waals surface area (Å²) in [5, 5.41) is 5.74. The van der Waals surface area contributed by atoms with E-state index >= 15 is 0 Å². The van der Waals surface area contributed by atoms with Gasteiger partial charge in [-0.05, 0) is 37.0 Å². The molecule has 1 heterocycles. The average molecular weight is 483 g/mol. The van der Waals surface area contributed by atoms with Gasteiger partial charge in [-0.2, -0.15) is 0 Å². The molecule has 3 rings (SSSR count). The van der Waals surface area contributed by atoms with Gasteiger partial charge in [0.05, 0.1) is 12.8 Å². The van der Waals surface area contributed by atoms with Gasteiger partial charge in [0.15, 0.2) is 10.2 Å². The number of unbranched alkanes of at least 4 members (excludes halogenated alkanes) is 3. The number of thioether (sulfide) groups is 1. The Labute approximate surface area is 204 Å². The number of amides is 1. The van der Waals surface area contributed by atoms with Crippen LogP contribution in [0.25, 0.3) is 11.3 Å². The number of carbonyl (C=O) groups excluding carboxylic acids is 2. The maximum absolute atomic E-state index is 12.2. The van der Waals surface area contributed by atoms with Gasteiger partial charge >= 0.3 is 0 Å². The monoisotopic (exact) mass is 482 g/mol. The normalized spacial score (nSPS) is 10.7. The summed E-state index contributed by atoms with van der Waals surface area (Å²) in [4.78, 5) is 28.7. The Balaban J connectivity index is 1.21. The van der Waals surface area contributed by atoms with Crippen LogP contribution in [0.3, 0.4) is 0 Å². The Bertz CT molecular complexity index is 1000. The summed E-state index contributed by atoms with van der Waals surface area (Å²) in [6.45, 7) is 0. The van der Waals surface area contributed by atoms with E-state index in [9.17, 15) is 9.59 Å². The Hall–Kier alpha value is -2.64. The van der Waals surface area contributed by atoms with Crippen molar-refractivity contribution >= 4 is 39.3 Å². The number of methoxy groups -OCH3 is 1. The number of aryl methyl sites for hydroxylation is 1. The minimum absolute atomic E-state index is 0.00652. The minimum atomic E-state index is 0.00652. The fourth-order valence-corrected chi connectivity index (χ4v) is 4.85. The van der Waals surface area contributed by atoms with E-state index in [1.165, 1.54) is 23.1 Å². The van der Waals surface area contributed by atoms with Crippen molar-refractivity contribution in [1.82, 2.24) is 4.98 Å². The van der Waals surface area contributed by atoms with Crippen molar-refractivity contribution in [2.75, 3.05) is 18.2 Å². The number of nitrogens with zero attached hydrogens (tertiary/aromatic N) is 1. The zero-order chi connectivity index (χ0) is 23.3. The number of aromatic nitrogens is 1. The first kappa shape index (κ1) is 25.0. The van der Waals surface area contributed by atoms with Crippen molar-refractivity contribution < 1.29 is 14.3 Å². The summed E-state index contributed by atoms with van der Waals surface area (Å²) in [7, 11) is 1.65. The van der Waals surface area contributed by atoms with E-state index < -0.39 is 0 Å². The molecule has 0 aliphatic heterocycles. The van der Waals surface area contributed by atoms with Crippen LogP contribution < -0.4 is 10.1 Å². The number of thiazole rings is 1. The number of anilines is 1. The van der Waals surface area contributed by atoms with Gasteiger partial charge < -0.3 is 10.1 Å². The van der Waals surface area contributed by atoms with E-state index in [1.807, 2.05) is 60.0 Å². The third kappa shape index (κ3) is 9.02. The van der Waals surface area contributed by atoms with Gasteiger partial charge in [-0.25, -0.2) is 4.98 Å².